The lowest BCUT2D eigenvalue weighted by Crippen LogP contribution is -2.44. The Bertz CT molecular complexity index is 871. The van der Waals surface area contributed by atoms with Crippen LogP contribution in [0.1, 0.15) is 23.6 Å². The lowest BCUT2D eigenvalue weighted by atomic mass is 9.99. The third-order valence-corrected chi connectivity index (χ3v) is 4.40. The number of H-pyrrole nitrogens is 2. The zero-order chi connectivity index (χ0) is 17.8. The van der Waals surface area contributed by atoms with Gasteiger partial charge < -0.3 is 5.32 Å². The Morgan fingerprint density at radius 1 is 1.24 bits per heavy atom. The molecule has 0 bridgehead atoms. The number of nitrogens with zero attached hydrogens (tertiary/aromatic N) is 1. The summed E-state index contributed by atoms with van der Waals surface area (Å²) >= 11 is 0. The van der Waals surface area contributed by atoms with Gasteiger partial charge >= 0.3 is 0 Å². The molecule has 3 rings (SSSR count). The van der Waals surface area contributed by atoms with Gasteiger partial charge in [0.25, 0.3) is 11.1 Å². The minimum Gasteiger partial charge on any atom is -0.352 e. The molecule has 1 amide bonds. The molecule has 0 saturated heterocycles. The molecule has 1 aliphatic heterocycles. The quantitative estimate of drug-likeness (QED) is 0.721. The first kappa shape index (κ1) is 17.2. The topological polar surface area (TPSA) is 98.1 Å². The molecule has 1 aromatic carbocycles. The van der Waals surface area contributed by atoms with E-state index in [-0.39, 0.29) is 23.9 Å². The van der Waals surface area contributed by atoms with Crippen LogP contribution >= 0.6 is 0 Å². The molecule has 3 N–H and O–H groups in total. The first-order valence-electron chi connectivity index (χ1n) is 8.40. The van der Waals surface area contributed by atoms with Crippen LogP contribution in [-0.4, -0.2) is 40.1 Å². The SMILES string of the molecule is CC(CN1CCc2ccccc2C1)NC(=O)Cc1cc(=O)[nH][nH]c1=O. The first-order chi connectivity index (χ1) is 12.0. The fourth-order valence-electron chi connectivity index (χ4n) is 3.23. The Morgan fingerprint density at radius 3 is 2.80 bits per heavy atom. The number of hydrogen-bond acceptors (Lipinski definition) is 4. The number of amides is 1. The molecule has 1 aromatic heterocycles. The van der Waals surface area contributed by atoms with E-state index in [9.17, 15) is 14.4 Å². The van der Waals surface area contributed by atoms with Gasteiger partial charge in [0.2, 0.25) is 5.91 Å². The van der Waals surface area contributed by atoms with Crippen molar-refractivity contribution >= 4 is 5.91 Å². The molecule has 0 saturated carbocycles. The van der Waals surface area contributed by atoms with Crippen LogP contribution in [0.3, 0.4) is 0 Å². The highest BCUT2D eigenvalue weighted by molar-refractivity contribution is 5.78. The molecule has 1 atom stereocenters. The van der Waals surface area contributed by atoms with E-state index in [0.29, 0.717) is 0 Å². The second-order valence-electron chi connectivity index (χ2n) is 6.51. The highest BCUT2D eigenvalue weighted by atomic mass is 16.2. The number of carbonyl (C=O) groups is 1. The molecule has 0 radical (unpaired) electrons. The number of fused-ring (bicyclic) bond motifs is 1. The van der Waals surface area contributed by atoms with E-state index in [1.54, 1.807) is 0 Å². The number of aromatic nitrogens is 2. The van der Waals surface area contributed by atoms with E-state index in [0.717, 1.165) is 32.1 Å². The third kappa shape index (κ3) is 4.45. The van der Waals surface area contributed by atoms with Crippen molar-refractivity contribution in [3.05, 3.63) is 67.7 Å². The Labute approximate surface area is 145 Å². The second-order valence-corrected chi connectivity index (χ2v) is 6.51. The Kier molecular flexibility index (Phi) is 5.14. The van der Waals surface area contributed by atoms with Crippen molar-refractivity contribution in [2.45, 2.75) is 32.4 Å². The Hall–Kier alpha value is -2.67. The minimum absolute atomic E-state index is 0.0427. The predicted molar refractivity (Wildman–Crippen MR) is 94.4 cm³/mol. The van der Waals surface area contributed by atoms with Crippen molar-refractivity contribution in [3.8, 4) is 0 Å². The molecule has 25 heavy (non-hydrogen) atoms. The lowest BCUT2D eigenvalue weighted by Gasteiger charge is -2.31. The van der Waals surface area contributed by atoms with E-state index in [4.69, 9.17) is 0 Å². The van der Waals surface area contributed by atoms with Gasteiger partial charge in [0.05, 0.1) is 6.42 Å². The van der Waals surface area contributed by atoms with E-state index < -0.39 is 11.1 Å². The van der Waals surface area contributed by atoms with Crippen LogP contribution in [0.5, 0.6) is 0 Å². The van der Waals surface area contributed by atoms with Crippen molar-refractivity contribution in [1.29, 1.82) is 0 Å². The number of nitrogens with one attached hydrogen (secondary N) is 3. The van der Waals surface area contributed by atoms with Crippen LogP contribution in [-0.2, 0) is 24.2 Å². The van der Waals surface area contributed by atoms with Crippen LogP contribution in [0.15, 0.2) is 39.9 Å². The molecule has 0 spiro atoms. The number of aromatic amines is 2. The summed E-state index contributed by atoms with van der Waals surface area (Å²) in [5.41, 5.74) is 2.02. The van der Waals surface area contributed by atoms with Crippen LogP contribution in [0, 0.1) is 0 Å². The zero-order valence-electron chi connectivity index (χ0n) is 14.2. The average molecular weight is 342 g/mol. The van der Waals surface area contributed by atoms with Gasteiger partial charge in [-0.2, -0.15) is 0 Å². The van der Waals surface area contributed by atoms with Gasteiger partial charge in [0, 0.05) is 37.3 Å². The molecule has 0 fully saturated rings. The second kappa shape index (κ2) is 7.48. The molecule has 132 valence electrons. The average Bonchev–Trinajstić information content (AvgIpc) is 2.58. The summed E-state index contributed by atoms with van der Waals surface area (Å²) in [6, 6.07) is 9.53. The fourth-order valence-corrected chi connectivity index (χ4v) is 3.23. The van der Waals surface area contributed by atoms with Gasteiger partial charge in [-0.15, -0.1) is 0 Å². The fraction of sp³-hybridized carbons (Fsp3) is 0.389. The van der Waals surface area contributed by atoms with Crippen LogP contribution in [0.25, 0.3) is 0 Å². The van der Waals surface area contributed by atoms with E-state index in [1.807, 2.05) is 13.0 Å². The smallest absolute Gasteiger partial charge is 0.266 e. The standard InChI is InChI=1S/C18H22N4O3/c1-12(10-22-7-6-13-4-2-3-5-14(13)11-22)19-16(23)8-15-9-17(24)20-21-18(15)25/h2-5,9,12H,6-8,10-11H2,1H3,(H,19,23)(H,20,24)(H,21,25). The molecule has 2 heterocycles. The van der Waals surface area contributed by atoms with Gasteiger partial charge in [-0.1, -0.05) is 24.3 Å². The molecular formula is C18H22N4O3. The summed E-state index contributed by atoms with van der Waals surface area (Å²) in [7, 11) is 0. The summed E-state index contributed by atoms with van der Waals surface area (Å²) in [4.78, 5) is 37.3. The van der Waals surface area contributed by atoms with E-state index in [2.05, 4.69) is 38.6 Å². The van der Waals surface area contributed by atoms with Crippen LogP contribution in [0.4, 0.5) is 0 Å². The van der Waals surface area contributed by atoms with E-state index >= 15 is 0 Å². The van der Waals surface area contributed by atoms with Crippen LogP contribution < -0.4 is 16.4 Å². The highest BCUT2D eigenvalue weighted by Gasteiger charge is 2.18. The summed E-state index contributed by atoms with van der Waals surface area (Å²) < 4.78 is 0. The number of benzene rings is 1. The largest absolute Gasteiger partial charge is 0.352 e. The summed E-state index contributed by atoms with van der Waals surface area (Å²) in [6.45, 7) is 4.53. The number of carbonyl (C=O) groups excluding carboxylic acids is 1. The van der Waals surface area contributed by atoms with E-state index in [1.165, 1.54) is 11.1 Å². The zero-order valence-corrected chi connectivity index (χ0v) is 14.2. The van der Waals surface area contributed by atoms with Gasteiger partial charge in [-0.3, -0.25) is 29.5 Å². The molecule has 1 aliphatic rings. The number of hydrogen-bond donors (Lipinski definition) is 3. The normalized spacial score (nSPS) is 15.4. The highest BCUT2D eigenvalue weighted by Crippen LogP contribution is 2.18. The first-order valence-corrected chi connectivity index (χ1v) is 8.40. The lowest BCUT2D eigenvalue weighted by molar-refractivity contribution is -0.121. The maximum atomic E-state index is 12.1. The Balaban J connectivity index is 1.53. The van der Waals surface area contributed by atoms with Crippen molar-refractivity contribution in [3.63, 3.8) is 0 Å². The van der Waals surface area contributed by atoms with Crippen molar-refractivity contribution in [2.75, 3.05) is 13.1 Å². The molecule has 1 unspecified atom stereocenters. The summed E-state index contributed by atoms with van der Waals surface area (Å²) in [6.07, 6.45) is 0.908. The van der Waals surface area contributed by atoms with Crippen LogP contribution in [0.2, 0.25) is 0 Å². The maximum Gasteiger partial charge on any atom is 0.266 e. The van der Waals surface area contributed by atoms with Crippen molar-refractivity contribution in [2.24, 2.45) is 0 Å². The van der Waals surface area contributed by atoms with Crippen molar-refractivity contribution < 1.29 is 4.79 Å². The Morgan fingerprint density at radius 2 is 2.00 bits per heavy atom. The summed E-state index contributed by atoms with van der Waals surface area (Å²) in [5.74, 6) is -0.263. The maximum absolute atomic E-state index is 12.1. The van der Waals surface area contributed by atoms with Crippen molar-refractivity contribution in [1.82, 2.24) is 20.4 Å². The minimum atomic E-state index is -0.449. The number of rotatable bonds is 5. The third-order valence-electron chi connectivity index (χ3n) is 4.40. The van der Waals surface area contributed by atoms with Gasteiger partial charge in [-0.25, -0.2) is 0 Å². The summed E-state index contributed by atoms with van der Waals surface area (Å²) in [5, 5.41) is 7.31. The molecular weight excluding hydrogens is 320 g/mol. The van der Waals surface area contributed by atoms with Gasteiger partial charge in [0.1, 0.15) is 0 Å². The monoisotopic (exact) mass is 342 g/mol. The molecule has 0 aliphatic carbocycles. The molecule has 7 heteroatoms. The molecule has 7 nitrogen and oxygen atoms in total. The molecule has 2 aromatic rings. The van der Waals surface area contributed by atoms with Gasteiger partial charge in [-0.05, 0) is 24.5 Å². The predicted octanol–water partition coefficient (Wildman–Crippen LogP) is 0.169. The van der Waals surface area contributed by atoms with Gasteiger partial charge in [0.15, 0.2) is 0 Å².